The van der Waals surface area contributed by atoms with Gasteiger partial charge in [0.25, 0.3) is 5.91 Å². The van der Waals surface area contributed by atoms with Crippen LogP contribution in [0.2, 0.25) is 5.02 Å². The number of amides is 1. The Hall–Kier alpha value is -2.00. The van der Waals surface area contributed by atoms with E-state index in [0.717, 1.165) is 5.56 Å². The van der Waals surface area contributed by atoms with Gasteiger partial charge >= 0.3 is 0 Å². The van der Waals surface area contributed by atoms with Crippen molar-refractivity contribution in [1.82, 2.24) is 0 Å². The predicted octanol–water partition coefficient (Wildman–Crippen LogP) is 3.61. The summed E-state index contributed by atoms with van der Waals surface area (Å²) in [4.78, 5) is 12.0. The quantitative estimate of drug-likeness (QED) is 0.812. The zero-order valence-corrected chi connectivity index (χ0v) is 10.5. The van der Waals surface area contributed by atoms with E-state index in [1.165, 1.54) is 12.1 Å². The Morgan fingerprint density at radius 2 is 1.94 bits per heavy atom. The lowest BCUT2D eigenvalue weighted by molar-refractivity contribution is 0.102. The van der Waals surface area contributed by atoms with Crippen LogP contribution >= 0.6 is 11.6 Å². The summed E-state index contributed by atoms with van der Waals surface area (Å²) >= 11 is 5.82. The molecule has 18 heavy (non-hydrogen) atoms. The Labute approximate surface area is 110 Å². The van der Waals surface area contributed by atoms with E-state index in [9.17, 15) is 9.90 Å². The molecule has 0 radical (unpaired) electrons. The third-order valence-corrected chi connectivity index (χ3v) is 2.83. The molecule has 0 aromatic heterocycles. The lowest BCUT2D eigenvalue weighted by Gasteiger charge is -2.09. The molecule has 0 aliphatic carbocycles. The number of hydrogen-bond acceptors (Lipinski definition) is 2. The molecule has 3 nitrogen and oxygen atoms in total. The average molecular weight is 262 g/mol. The number of phenolic OH excluding ortho intramolecular Hbond substituents is 1. The van der Waals surface area contributed by atoms with Gasteiger partial charge in [-0.25, -0.2) is 0 Å². The van der Waals surface area contributed by atoms with Crippen molar-refractivity contribution in [1.29, 1.82) is 0 Å². The maximum atomic E-state index is 12.0. The predicted molar refractivity (Wildman–Crippen MR) is 72.2 cm³/mol. The van der Waals surface area contributed by atoms with Crippen molar-refractivity contribution < 1.29 is 9.90 Å². The van der Waals surface area contributed by atoms with Gasteiger partial charge in [-0.05, 0) is 36.8 Å². The second-order valence-electron chi connectivity index (χ2n) is 3.93. The zero-order valence-electron chi connectivity index (χ0n) is 9.77. The molecule has 92 valence electrons. The van der Waals surface area contributed by atoms with Crippen molar-refractivity contribution in [2.24, 2.45) is 0 Å². The standard InChI is InChI=1S/C14H12ClNO2/c1-9-4-2-3-5-11(9)14(18)16-12-8-10(15)6-7-13(12)17/h2-8,17H,1H3,(H,16,18). The van der Waals surface area contributed by atoms with Crippen LogP contribution in [0.1, 0.15) is 15.9 Å². The molecule has 0 saturated carbocycles. The number of halogens is 1. The number of hydrogen-bond donors (Lipinski definition) is 2. The normalized spacial score (nSPS) is 10.1. The Morgan fingerprint density at radius 1 is 1.22 bits per heavy atom. The maximum Gasteiger partial charge on any atom is 0.256 e. The van der Waals surface area contributed by atoms with Gasteiger partial charge in [0, 0.05) is 10.6 Å². The van der Waals surface area contributed by atoms with Gasteiger partial charge in [0.1, 0.15) is 5.75 Å². The van der Waals surface area contributed by atoms with Crippen molar-refractivity contribution in [3.63, 3.8) is 0 Å². The van der Waals surface area contributed by atoms with E-state index in [-0.39, 0.29) is 11.7 Å². The van der Waals surface area contributed by atoms with Crippen LogP contribution < -0.4 is 5.32 Å². The summed E-state index contributed by atoms with van der Waals surface area (Å²) in [5, 5.41) is 12.7. The fourth-order valence-corrected chi connectivity index (χ4v) is 1.80. The van der Waals surface area contributed by atoms with Crippen molar-refractivity contribution in [3.8, 4) is 5.75 Å². The van der Waals surface area contributed by atoms with E-state index in [0.29, 0.717) is 16.3 Å². The molecule has 0 aliphatic heterocycles. The molecule has 0 heterocycles. The van der Waals surface area contributed by atoms with Gasteiger partial charge < -0.3 is 10.4 Å². The summed E-state index contributed by atoms with van der Waals surface area (Å²) in [5.74, 6) is -0.285. The number of carbonyl (C=O) groups is 1. The summed E-state index contributed by atoms with van der Waals surface area (Å²) in [6.45, 7) is 1.85. The van der Waals surface area contributed by atoms with E-state index >= 15 is 0 Å². The number of benzene rings is 2. The van der Waals surface area contributed by atoms with Crippen molar-refractivity contribution >= 4 is 23.2 Å². The molecule has 0 spiro atoms. The van der Waals surface area contributed by atoms with Gasteiger partial charge in [-0.2, -0.15) is 0 Å². The van der Waals surface area contributed by atoms with Gasteiger partial charge in [0.05, 0.1) is 5.69 Å². The first-order valence-electron chi connectivity index (χ1n) is 5.43. The number of rotatable bonds is 2. The summed E-state index contributed by atoms with van der Waals surface area (Å²) in [5.41, 5.74) is 1.74. The lowest BCUT2D eigenvalue weighted by atomic mass is 10.1. The Kier molecular flexibility index (Phi) is 3.53. The number of nitrogens with one attached hydrogen (secondary N) is 1. The SMILES string of the molecule is Cc1ccccc1C(=O)Nc1cc(Cl)ccc1O. The third-order valence-electron chi connectivity index (χ3n) is 2.60. The second kappa shape index (κ2) is 5.10. The van der Waals surface area contributed by atoms with Crippen molar-refractivity contribution in [3.05, 3.63) is 58.6 Å². The highest BCUT2D eigenvalue weighted by molar-refractivity contribution is 6.31. The molecule has 4 heteroatoms. The van der Waals surface area contributed by atoms with E-state index < -0.39 is 0 Å². The Bertz CT molecular complexity index is 596. The molecule has 2 aromatic carbocycles. The van der Waals surface area contributed by atoms with Gasteiger partial charge in [-0.3, -0.25) is 4.79 Å². The van der Waals surface area contributed by atoms with E-state index in [1.807, 2.05) is 19.1 Å². The zero-order chi connectivity index (χ0) is 13.1. The van der Waals surface area contributed by atoms with Gasteiger partial charge in [-0.15, -0.1) is 0 Å². The van der Waals surface area contributed by atoms with Crippen molar-refractivity contribution in [2.75, 3.05) is 5.32 Å². The maximum absolute atomic E-state index is 12.0. The molecule has 2 N–H and O–H groups in total. The van der Waals surface area contributed by atoms with Gasteiger partial charge in [-0.1, -0.05) is 29.8 Å². The van der Waals surface area contributed by atoms with Crippen LogP contribution in [0.15, 0.2) is 42.5 Å². The molecule has 0 fully saturated rings. The molecule has 0 atom stereocenters. The molecule has 0 aliphatic rings. The first-order chi connectivity index (χ1) is 8.58. The minimum Gasteiger partial charge on any atom is -0.506 e. The van der Waals surface area contributed by atoms with Crippen LogP contribution in [-0.4, -0.2) is 11.0 Å². The van der Waals surface area contributed by atoms with Crippen LogP contribution in [0.3, 0.4) is 0 Å². The summed E-state index contributed by atoms with van der Waals surface area (Å²) in [6, 6.07) is 11.7. The molecule has 0 saturated heterocycles. The fraction of sp³-hybridized carbons (Fsp3) is 0.0714. The smallest absolute Gasteiger partial charge is 0.256 e. The molecule has 1 amide bonds. The van der Waals surface area contributed by atoms with Crippen LogP contribution in [0.25, 0.3) is 0 Å². The van der Waals surface area contributed by atoms with Crippen LogP contribution in [0, 0.1) is 6.92 Å². The first kappa shape index (κ1) is 12.5. The van der Waals surface area contributed by atoms with Crippen LogP contribution in [-0.2, 0) is 0 Å². The van der Waals surface area contributed by atoms with Gasteiger partial charge in [0.15, 0.2) is 0 Å². The fourth-order valence-electron chi connectivity index (χ4n) is 1.63. The Balaban J connectivity index is 2.27. The largest absolute Gasteiger partial charge is 0.506 e. The molecule has 0 bridgehead atoms. The van der Waals surface area contributed by atoms with Crippen molar-refractivity contribution in [2.45, 2.75) is 6.92 Å². The van der Waals surface area contributed by atoms with Crippen LogP contribution in [0.5, 0.6) is 5.75 Å². The first-order valence-corrected chi connectivity index (χ1v) is 5.81. The summed E-state index contributed by atoms with van der Waals surface area (Å²) in [6.07, 6.45) is 0. The summed E-state index contributed by atoms with van der Waals surface area (Å²) in [7, 11) is 0. The third kappa shape index (κ3) is 2.63. The topological polar surface area (TPSA) is 49.3 Å². The number of aryl methyl sites for hydroxylation is 1. The molecule has 2 rings (SSSR count). The number of aromatic hydroxyl groups is 1. The van der Waals surface area contributed by atoms with E-state index in [1.54, 1.807) is 18.2 Å². The Morgan fingerprint density at radius 3 is 2.67 bits per heavy atom. The lowest BCUT2D eigenvalue weighted by Crippen LogP contribution is -2.13. The monoisotopic (exact) mass is 261 g/mol. The number of phenols is 1. The van der Waals surface area contributed by atoms with E-state index in [2.05, 4.69) is 5.32 Å². The van der Waals surface area contributed by atoms with Crippen LogP contribution in [0.4, 0.5) is 5.69 Å². The molecular formula is C14H12ClNO2. The molecule has 0 unspecified atom stereocenters. The minimum atomic E-state index is -0.273. The molecule has 2 aromatic rings. The average Bonchev–Trinajstić information content (AvgIpc) is 2.34. The second-order valence-corrected chi connectivity index (χ2v) is 4.37. The number of carbonyl (C=O) groups excluding carboxylic acids is 1. The minimum absolute atomic E-state index is 0.0127. The highest BCUT2D eigenvalue weighted by atomic mass is 35.5. The highest BCUT2D eigenvalue weighted by Crippen LogP contribution is 2.27. The highest BCUT2D eigenvalue weighted by Gasteiger charge is 2.11. The van der Waals surface area contributed by atoms with E-state index in [4.69, 9.17) is 11.6 Å². The summed E-state index contributed by atoms with van der Waals surface area (Å²) < 4.78 is 0. The molecular weight excluding hydrogens is 250 g/mol. The number of anilines is 1. The van der Waals surface area contributed by atoms with Gasteiger partial charge in [0.2, 0.25) is 0 Å².